The summed E-state index contributed by atoms with van der Waals surface area (Å²) < 4.78 is 7.62. The van der Waals surface area contributed by atoms with Gasteiger partial charge in [0, 0.05) is 23.6 Å². The van der Waals surface area contributed by atoms with Crippen LogP contribution in [0, 0.1) is 13.8 Å². The van der Waals surface area contributed by atoms with Crippen molar-refractivity contribution in [3.05, 3.63) is 53.1 Å². The van der Waals surface area contributed by atoms with Gasteiger partial charge in [0.1, 0.15) is 6.54 Å². The molecule has 1 aliphatic heterocycles. The fourth-order valence-corrected chi connectivity index (χ4v) is 4.56. The highest BCUT2D eigenvalue weighted by atomic mass is 32.1. The van der Waals surface area contributed by atoms with E-state index in [-0.39, 0.29) is 24.6 Å². The highest BCUT2D eigenvalue weighted by Gasteiger charge is 2.43. The van der Waals surface area contributed by atoms with Gasteiger partial charge < -0.3 is 19.5 Å². The number of carbonyl (C=O) groups excluding carboxylic acids is 1. The molecule has 2 aliphatic rings. The van der Waals surface area contributed by atoms with Gasteiger partial charge in [0.25, 0.3) is 0 Å². The molecule has 0 amide bonds. The van der Waals surface area contributed by atoms with Gasteiger partial charge in [0.2, 0.25) is 0 Å². The molecule has 1 saturated heterocycles. The van der Waals surface area contributed by atoms with E-state index in [9.17, 15) is 4.79 Å². The quantitative estimate of drug-likeness (QED) is 0.595. The number of aryl methyl sites for hydroxylation is 1. The van der Waals surface area contributed by atoms with Gasteiger partial charge in [0.15, 0.2) is 5.11 Å². The van der Waals surface area contributed by atoms with Crippen LogP contribution < -0.4 is 5.32 Å². The molecule has 0 radical (unpaired) electrons. The predicted octanol–water partition coefficient (Wildman–Crippen LogP) is 3.37. The predicted molar refractivity (Wildman–Crippen MR) is 111 cm³/mol. The number of carbonyl (C=O) groups is 1. The number of ether oxygens (including phenoxy) is 1. The van der Waals surface area contributed by atoms with Crippen LogP contribution in [-0.4, -0.2) is 38.7 Å². The lowest BCUT2D eigenvalue weighted by atomic mass is 9.97. The lowest BCUT2D eigenvalue weighted by Crippen LogP contribution is -2.35. The van der Waals surface area contributed by atoms with E-state index in [1.807, 2.05) is 30.0 Å². The average molecular weight is 399 g/mol. The summed E-state index contributed by atoms with van der Waals surface area (Å²) >= 11 is 5.62. The SMILES string of the molecule is CCOC(=O)CN1C(=S)NC(c2ccccn2)C1c1cc(C)n(C2CC2)c1C. The van der Waals surface area contributed by atoms with Gasteiger partial charge in [-0.15, -0.1) is 0 Å². The zero-order valence-electron chi connectivity index (χ0n) is 16.5. The average Bonchev–Trinajstić information content (AvgIpc) is 3.40. The molecular formula is C21H26N4O2S. The number of pyridine rings is 1. The van der Waals surface area contributed by atoms with Crippen molar-refractivity contribution in [3.63, 3.8) is 0 Å². The summed E-state index contributed by atoms with van der Waals surface area (Å²) in [4.78, 5) is 18.8. The Labute approximate surface area is 170 Å². The molecule has 2 aromatic heterocycles. The van der Waals surface area contributed by atoms with E-state index in [0.29, 0.717) is 17.8 Å². The van der Waals surface area contributed by atoms with Crippen molar-refractivity contribution in [1.29, 1.82) is 0 Å². The van der Waals surface area contributed by atoms with Gasteiger partial charge in [0.05, 0.1) is 24.4 Å². The molecule has 6 nitrogen and oxygen atoms in total. The molecule has 28 heavy (non-hydrogen) atoms. The first-order chi connectivity index (χ1) is 13.5. The smallest absolute Gasteiger partial charge is 0.325 e. The Morgan fingerprint density at radius 3 is 2.79 bits per heavy atom. The largest absolute Gasteiger partial charge is 0.465 e. The Hall–Kier alpha value is -2.41. The van der Waals surface area contributed by atoms with E-state index in [0.717, 1.165) is 5.69 Å². The minimum atomic E-state index is -0.269. The first-order valence-electron chi connectivity index (χ1n) is 9.83. The Bertz CT molecular complexity index is 891. The molecule has 2 aromatic rings. The van der Waals surface area contributed by atoms with E-state index in [1.165, 1.54) is 29.8 Å². The van der Waals surface area contributed by atoms with Crippen LogP contribution in [0.2, 0.25) is 0 Å². The topological polar surface area (TPSA) is 59.4 Å². The monoisotopic (exact) mass is 398 g/mol. The second-order valence-corrected chi connectivity index (χ2v) is 7.87. The molecule has 1 N–H and O–H groups in total. The van der Waals surface area contributed by atoms with Crippen molar-refractivity contribution in [2.75, 3.05) is 13.2 Å². The number of thiocarbonyl (C=S) groups is 1. The van der Waals surface area contributed by atoms with Crippen LogP contribution in [0.1, 0.15) is 60.5 Å². The lowest BCUT2D eigenvalue weighted by molar-refractivity contribution is -0.143. The fraction of sp³-hybridized carbons (Fsp3) is 0.476. The van der Waals surface area contributed by atoms with Crippen LogP contribution in [0.25, 0.3) is 0 Å². The molecule has 0 aromatic carbocycles. The second kappa shape index (κ2) is 7.54. The minimum absolute atomic E-state index is 0.106. The molecule has 2 unspecified atom stereocenters. The van der Waals surface area contributed by atoms with Gasteiger partial charge >= 0.3 is 5.97 Å². The van der Waals surface area contributed by atoms with Gasteiger partial charge in [-0.2, -0.15) is 0 Å². The van der Waals surface area contributed by atoms with Crippen LogP contribution in [0.5, 0.6) is 0 Å². The number of esters is 1. The van der Waals surface area contributed by atoms with E-state index in [2.05, 4.69) is 34.8 Å². The number of nitrogens with zero attached hydrogens (tertiary/aromatic N) is 3. The zero-order valence-corrected chi connectivity index (χ0v) is 17.3. The minimum Gasteiger partial charge on any atom is -0.465 e. The number of hydrogen-bond acceptors (Lipinski definition) is 4. The third-order valence-corrected chi connectivity index (χ3v) is 5.91. The highest BCUT2D eigenvalue weighted by molar-refractivity contribution is 7.80. The van der Waals surface area contributed by atoms with Crippen LogP contribution >= 0.6 is 12.2 Å². The first kappa shape index (κ1) is 18.9. The molecular weight excluding hydrogens is 372 g/mol. The summed E-state index contributed by atoms with van der Waals surface area (Å²) in [5, 5.41) is 3.96. The van der Waals surface area contributed by atoms with E-state index in [1.54, 1.807) is 6.20 Å². The molecule has 3 heterocycles. The van der Waals surface area contributed by atoms with E-state index >= 15 is 0 Å². The van der Waals surface area contributed by atoms with Gasteiger partial charge in [-0.1, -0.05) is 6.07 Å². The summed E-state index contributed by atoms with van der Waals surface area (Å²) in [6.07, 6.45) is 4.25. The number of nitrogens with one attached hydrogen (secondary N) is 1. The lowest BCUT2D eigenvalue weighted by Gasteiger charge is -2.27. The maximum Gasteiger partial charge on any atom is 0.325 e. The van der Waals surface area contributed by atoms with Gasteiger partial charge in [-0.25, -0.2) is 0 Å². The second-order valence-electron chi connectivity index (χ2n) is 7.49. The maximum absolute atomic E-state index is 12.3. The first-order valence-corrected chi connectivity index (χ1v) is 10.2. The number of rotatable bonds is 6. The molecule has 1 saturated carbocycles. The van der Waals surface area contributed by atoms with Crippen molar-refractivity contribution in [2.24, 2.45) is 0 Å². The Balaban J connectivity index is 1.76. The molecule has 0 spiro atoms. The molecule has 2 fully saturated rings. The van der Waals surface area contributed by atoms with Crippen molar-refractivity contribution >= 4 is 23.3 Å². The summed E-state index contributed by atoms with van der Waals surface area (Å²) in [6, 6.07) is 8.50. The standard InChI is InChI=1S/C21H26N4O2S/c1-4-27-18(26)12-24-20(16-11-13(2)25(14(16)3)15-8-9-15)19(23-21(24)28)17-7-5-6-10-22-17/h5-7,10-11,15,19-20H,4,8-9,12H2,1-3H3,(H,23,28). The number of aromatic nitrogens is 2. The van der Waals surface area contributed by atoms with E-state index in [4.69, 9.17) is 17.0 Å². The third-order valence-electron chi connectivity index (χ3n) is 5.56. The zero-order chi connectivity index (χ0) is 19.8. The highest BCUT2D eigenvalue weighted by Crippen LogP contribution is 2.44. The third kappa shape index (κ3) is 3.39. The normalized spacial score (nSPS) is 21.7. The van der Waals surface area contributed by atoms with Crippen LogP contribution in [0.3, 0.4) is 0 Å². The summed E-state index contributed by atoms with van der Waals surface area (Å²) in [7, 11) is 0. The van der Waals surface area contributed by atoms with Crippen molar-refractivity contribution in [2.45, 2.75) is 51.7 Å². The summed E-state index contributed by atoms with van der Waals surface area (Å²) in [5.74, 6) is -0.269. The Morgan fingerprint density at radius 1 is 1.36 bits per heavy atom. The van der Waals surface area contributed by atoms with Gasteiger partial charge in [-0.05, 0) is 69.6 Å². The Morgan fingerprint density at radius 2 is 2.14 bits per heavy atom. The maximum atomic E-state index is 12.3. The Kier molecular flexibility index (Phi) is 5.10. The van der Waals surface area contributed by atoms with E-state index < -0.39 is 0 Å². The van der Waals surface area contributed by atoms with Gasteiger partial charge in [-0.3, -0.25) is 9.78 Å². The molecule has 4 rings (SSSR count). The van der Waals surface area contributed by atoms with Crippen LogP contribution in [0.4, 0.5) is 0 Å². The number of hydrogen-bond donors (Lipinski definition) is 1. The molecule has 1 aliphatic carbocycles. The molecule has 7 heteroatoms. The molecule has 2 atom stereocenters. The van der Waals surface area contributed by atoms with Crippen molar-refractivity contribution in [1.82, 2.24) is 19.8 Å². The summed E-state index contributed by atoms with van der Waals surface area (Å²) in [5.41, 5.74) is 4.60. The molecule has 0 bridgehead atoms. The molecule has 148 valence electrons. The van der Waals surface area contributed by atoms with Crippen LogP contribution in [-0.2, 0) is 9.53 Å². The van der Waals surface area contributed by atoms with Crippen molar-refractivity contribution < 1.29 is 9.53 Å². The summed E-state index contributed by atoms with van der Waals surface area (Å²) in [6.45, 7) is 6.62. The fourth-order valence-electron chi connectivity index (χ4n) is 4.26. The van der Waals surface area contributed by atoms with Crippen LogP contribution in [0.15, 0.2) is 30.5 Å². The van der Waals surface area contributed by atoms with Crippen molar-refractivity contribution in [3.8, 4) is 0 Å².